The highest BCUT2D eigenvalue weighted by Gasteiger charge is 2.41. The molecule has 6 nitrogen and oxygen atoms in total. The van der Waals surface area contributed by atoms with Gasteiger partial charge in [0.1, 0.15) is 18.6 Å². The summed E-state index contributed by atoms with van der Waals surface area (Å²) in [6.07, 6.45) is 4.75. The number of ether oxygens (including phenoxy) is 2. The number of rotatable bonds is 6. The van der Waals surface area contributed by atoms with Crippen LogP contribution in [0.25, 0.3) is 11.7 Å². The Morgan fingerprint density at radius 1 is 0.900 bits per heavy atom. The SMILES string of the molecule is Cc1ccc(C2(c3ccc(OCc4ccnc(-c5ncco5)n4)cc3)COC2)cc1. The van der Waals surface area contributed by atoms with Crippen LogP contribution >= 0.6 is 0 Å². The van der Waals surface area contributed by atoms with E-state index in [-0.39, 0.29) is 5.41 Å². The lowest BCUT2D eigenvalue weighted by Crippen LogP contribution is -2.47. The summed E-state index contributed by atoms with van der Waals surface area (Å²) in [5.74, 6) is 1.63. The van der Waals surface area contributed by atoms with Crippen molar-refractivity contribution in [1.82, 2.24) is 15.0 Å². The molecule has 0 N–H and O–H groups in total. The van der Waals surface area contributed by atoms with Gasteiger partial charge in [-0.15, -0.1) is 0 Å². The molecule has 0 bridgehead atoms. The minimum atomic E-state index is -0.0795. The van der Waals surface area contributed by atoms with Gasteiger partial charge in [-0.3, -0.25) is 0 Å². The number of hydrogen-bond acceptors (Lipinski definition) is 6. The summed E-state index contributed by atoms with van der Waals surface area (Å²) in [5.41, 5.74) is 4.45. The van der Waals surface area contributed by atoms with Crippen LogP contribution in [0.15, 0.2) is 77.7 Å². The van der Waals surface area contributed by atoms with Crippen molar-refractivity contribution in [3.8, 4) is 17.5 Å². The second-order valence-electron chi connectivity index (χ2n) is 7.46. The van der Waals surface area contributed by atoms with Crippen molar-refractivity contribution in [2.45, 2.75) is 18.9 Å². The molecule has 1 saturated heterocycles. The Hall–Kier alpha value is -3.51. The Kier molecular flexibility index (Phi) is 4.77. The molecule has 5 rings (SSSR count). The van der Waals surface area contributed by atoms with Crippen LogP contribution in [0, 0.1) is 6.92 Å². The van der Waals surface area contributed by atoms with Crippen molar-refractivity contribution in [1.29, 1.82) is 0 Å². The summed E-state index contributed by atoms with van der Waals surface area (Å²) in [5, 5.41) is 0. The Bertz CT molecular complexity index is 1120. The topological polar surface area (TPSA) is 70.3 Å². The van der Waals surface area contributed by atoms with Gasteiger partial charge < -0.3 is 13.9 Å². The van der Waals surface area contributed by atoms with E-state index >= 15 is 0 Å². The Labute approximate surface area is 174 Å². The molecule has 3 heterocycles. The van der Waals surface area contributed by atoms with E-state index in [9.17, 15) is 0 Å². The molecule has 0 amide bonds. The highest BCUT2D eigenvalue weighted by molar-refractivity contribution is 5.44. The van der Waals surface area contributed by atoms with Gasteiger partial charge in [0.15, 0.2) is 0 Å². The molecule has 30 heavy (non-hydrogen) atoms. The first-order valence-electron chi connectivity index (χ1n) is 9.83. The molecule has 150 valence electrons. The smallest absolute Gasteiger partial charge is 0.264 e. The third-order valence-corrected chi connectivity index (χ3v) is 5.43. The van der Waals surface area contributed by atoms with Crippen LogP contribution in [0.2, 0.25) is 0 Å². The molecule has 0 radical (unpaired) electrons. The number of oxazole rings is 1. The highest BCUT2D eigenvalue weighted by atomic mass is 16.5. The molecular formula is C24H21N3O3. The summed E-state index contributed by atoms with van der Waals surface area (Å²) >= 11 is 0. The molecule has 0 spiro atoms. The van der Waals surface area contributed by atoms with E-state index in [1.807, 2.05) is 18.2 Å². The summed E-state index contributed by atoms with van der Waals surface area (Å²) in [6.45, 7) is 3.83. The molecule has 2 aromatic heterocycles. The maximum atomic E-state index is 5.93. The van der Waals surface area contributed by atoms with Gasteiger partial charge in [-0.05, 0) is 36.2 Å². The summed E-state index contributed by atoms with van der Waals surface area (Å²) in [7, 11) is 0. The summed E-state index contributed by atoms with van der Waals surface area (Å²) in [4.78, 5) is 12.7. The average molecular weight is 399 g/mol. The van der Waals surface area contributed by atoms with E-state index in [4.69, 9.17) is 13.9 Å². The van der Waals surface area contributed by atoms with Crippen molar-refractivity contribution in [2.24, 2.45) is 0 Å². The minimum Gasteiger partial charge on any atom is -0.487 e. The predicted molar refractivity (Wildman–Crippen MR) is 111 cm³/mol. The Morgan fingerprint density at radius 3 is 2.27 bits per heavy atom. The summed E-state index contributed by atoms with van der Waals surface area (Å²) in [6, 6.07) is 18.8. The third-order valence-electron chi connectivity index (χ3n) is 5.43. The highest BCUT2D eigenvalue weighted by Crippen LogP contribution is 2.39. The molecule has 4 aromatic rings. The number of aryl methyl sites for hydroxylation is 1. The van der Waals surface area contributed by atoms with Gasteiger partial charge in [-0.25, -0.2) is 15.0 Å². The molecular weight excluding hydrogens is 378 g/mol. The standard InChI is InChI=1S/C24H21N3O3/c1-17-2-4-18(5-3-17)24(15-28-16-24)19-6-8-21(9-7-19)30-14-20-10-11-25-22(27-20)23-26-12-13-29-23/h2-13H,14-16H2,1H3. The van der Waals surface area contributed by atoms with Crippen LogP contribution in [-0.4, -0.2) is 28.2 Å². The zero-order valence-electron chi connectivity index (χ0n) is 16.6. The zero-order valence-corrected chi connectivity index (χ0v) is 16.6. The molecule has 6 heteroatoms. The molecule has 0 saturated carbocycles. The van der Waals surface area contributed by atoms with E-state index in [0.29, 0.717) is 31.5 Å². The molecule has 2 aromatic carbocycles. The fourth-order valence-electron chi connectivity index (χ4n) is 3.62. The lowest BCUT2D eigenvalue weighted by molar-refractivity contribution is -0.0380. The largest absolute Gasteiger partial charge is 0.487 e. The van der Waals surface area contributed by atoms with Crippen molar-refractivity contribution in [3.63, 3.8) is 0 Å². The first kappa shape index (κ1) is 18.5. The first-order valence-corrected chi connectivity index (χ1v) is 9.83. The number of benzene rings is 2. The Morgan fingerprint density at radius 2 is 1.63 bits per heavy atom. The van der Waals surface area contributed by atoms with E-state index in [1.165, 1.54) is 23.0 Å². The lowest BCUT2D eigenvalue weighted by atomic mass is 9.73. The minimum absolute atomic E-state index is 0.0795. The second kappa shape index (κ2) is 7.72. The summed E-state index contributed by atoms with van der Waals surface area (Å²) < 4.78 is 16.8. The van der Waals surface area contributed by atoms with Gasteiger partial charge in [0, 0.05) is 6.20 Å². The fourth-order valence-corrected chi connectivity index (χ4v) is 3.62. The normalized spacial score (nSPS) is 14.8. The van der Waals surface area contributed by atoms with Gasteiger partial charge in [0.25, 0.3) is 5.89 Å². The first-order chi connectivity index (χ1) is 14.7. The molecule has 1 aliphatic rings. The van der Waals surface area contributed by atoms with Crippen LogP contribution in [0.3, 0.4) is 0 Å². The van der Waals surface area contributed by atoms with Crippen molar-refractivity contribution < 1.29 is 13.9 Å². The van der Waals surface area contributed by atoms with Gasteiger partial charge in [0.05, 0.1) is 30.5 Å². The third kappa shape index (κ3) is 3.46. The number of nitrogens with zero attached hydrogens (tertiary/aromatic N) is 3. The molecule has 1 fully saturated rings. The van der Waals surface area contributed by atoms with Gasteiger partial charge >= 0.3 is 0 Å². The maximum Gasteiger partial charge on any atom is 0.264 e. The van der Waals surface area contributed by atoms with E-state index in [0.717, 1.165) is 11.4 Å². The zero-order chi connectivity index (χ0) is 20.4. The molecule has 0 aliphatic carbocycles. The van der Waals surface area contributed by atoms with Gasteiger partial charge in [-0.2, -0.15) is 0 Å². The molecule has 1 aliphatic heterocycles. The monoisotopic (exact) mass is 399 g/mol. The quantitative estimate of drug-likeness (QED) is 0.480. The van der Waals surface area contributed by atoms with E-state index in [2.05, 4.69) is 58.3 Å². The van der Waals surface area contributed by atoms with E-state index in [1.54, 1.807) is 12.4 Å². The van der Waals surface area contributed by atoms with Crippen LogP contribution < -0.4 is 4.74 Å². The van der Waals surface area contributed by atoms with Crippen LogP contribution in [0.1, 0.15) is 22.4 Å². The molecule has 0 atom stereocenters. The fraction of sp³-hybridized carbons (Fsp3) is 0.208. The van der Waals surface area contributed by atoms with Crippen molar-refractivity contribution in [3.05, 3.63) is 95.6 Å². The van der Waals surface area contributed by atoms with Crippen LogP contribution in [0.5, 0.6) is 5.75 Å². The predicted octanol–water partition coefficient (Wildman–Crippen LogP) is 4.34. The average Bonchev–Trinajstić information content (AvgIpc) is 3.29. The van der Waals surface area contributed by atoms with Crippen molar-refractivity contribution >= 4 is 0 Å². The number of hydrogen-bond donors (Lipinski definition) is 0. The van der Waals surface area contributed by atoms with Crippen LogP contribution in [-0.2, 0) is 16.8 Å². The number of aromatic nitrogens is 3. The van der Waals surface area contributed by atoms with E-state index < -0.39 is 0 Å². The van der Waals surface area contributed by atoms with Crippen molar-refractivity contribution in [2.75, 3.05) is 13.2 Å². The maximum absolute atomic E-state index is 5.93. The molecule has 0 unspecified atom stereocenters. The van der Waals surface area contributed by atoms with Gasteiger partial charge in [0.2, 0.25) is 5.82 Å². The van der Waals surface area contributed by atoms with Crippen LogP contribution in [0.4, 0.5) is 0 Å². The second-order valence-corrected chi connectivity index (χ2v) is 7.46. The van der Waals surface area contributed by atoms with Gasteiger partial charge in [-0.1, -0.05) is 42.0 Å². The Balaban J connectivity index is 1.30. The lowest BCUT2D eigenvalue weighted by Gasteiger charge is -2.42.